The van der Waals surface area contributed by atoms with Crippen molar-refractivity contribution < 1.29 is 0 Å². The van der Waals surface area contributed by atoms with Crippen molar-refractivity contribution in [2.24, 2.45) is 11.7 Å². The summed E-state index contributed by atoms with van der Waals surface area (Å²) in [4.78, 5) is 8.53. The van der Waals surface area contributed by atoms with Gasteiger partial charge in [0.15, 0.2) is 0 Å². The van der Waals surface area contributed by atoms with Crippen LogP contribution in [0.25, 0.3) is 0 Å². The molecule has 1 atom stereocenters. The minimum atomic E-state index is 0. The maximum Gasteiger partial charge on any atom is 0.107 e. The molecule has 0 saturated carbocycles. The zero-order chi connectivity index (χ0) is 12.3. The van der Waals surface area contributed by atoms with Gasteiger partial charge in [-0.15, -0.1) is 36.2 Å². The molecule has 1 aliphatic heterocycles. The van der Waals surface area contributed by atoms with E-state index in [0.29, 0.717) is 0 Å². The average molecular weight is 326 g/mol. The fourth-order valence-corrected chi connectivity index (χ4v) is 3.54. The first-order valence-electron chi connectivity index (χ1n) is 6.54. The Kier molecular flexibility index (Phi) is 9.20. The van der Waals surface area contributed by atoms with Crippen molar-refractivity contribution in [1.82, 2.24) is 9.88 Å². The minimum absolute atomic E-state index is 0. The maximum absolute atomic E-state index is 5.65. The van der Waals surface area contributed by atoms with Crippen LogP contribution in [0.4, 0.5) is 0 Å². The molecule has 0 aliphatic carbocycles. The largest absolute Gasteiger partial charge is 0.330 e. The molecule has 0 amide bonds. The molecule has 0 radical (unpaired) electrons. The van der Waals surface area contributed by atoms with Crippen molar-refractivity contribution in [2.75, 3.05) is 19.6 Å². The summed E-state index contributed by atoms with van der Waals surface area (Å²) in [5.74, 6) is 0.802. The van der Waals surface area contributed by atoms with Crippen LogP contribution in [-0.2, 0) is 6.54 Å². The number of aryl methyl sites for hydroxylation is 2. The highest BCUT2D eigenvalue weighted by molar-refractivity contribution is 7.11. The Hall–Kier alpha value is 0.130. The summed E-state index contributed by atoms with van der Waals surface area (Å²) < 4.78 is 0. The van der Waals surface area contributed by atoms with E-state index in [1.54, 1.807) is 0 Å². The topological polar surface area (TPSA) is 42.2 Å². The van der Waals surface area contributed by atoms with E-state index < -0.39 is 0 Å². The molecule has 19 heavy (non-hydrogen) atoms. The number of hydrogen-bond donors (Lipinski definition) is 1. The molecule has 1 aromatic rings. The van der Waals surface area contributed by atoms with E-state index in [9.17, 15) is 0 Å². The van der Waals surface area contributed by atoms with Crippen LogP contribution in [-0.4, -0.2) is 29.5 Å². The number of rotatable bonds is 4. The Morgan fingerprint density at radius 1 is 1.37 bits per heavy atom. The number of halogens is 2. The van der Waals surface area contributed by atoms with E-state index >= 15 is 0 Å². The first-order valence-corrected chi connectivity index (χ1v) is 7.36. The van der Waals surface area contributed by atoms with Crippen molar-refractivity contribution in [3.05, 3.63) is 15.6 Å². The number of aromatic nitrogens is 1. The van der Waals surface area contributed by atoms with Gasteiger partial charge in [0.2, 0.25) is 0 Å². The highest BCUT2D eigenvalue weighted by Gasteiger charge is 2.20. The van der Waals surface area contributed by atoms with Crippen LogP contribution in [0.5, 0.6) is 0 Å². The zero-order valence-corrected chi connectivity index (χ0v) is 14.2. The van der Waals surface area contributed by atoms with Gasteiger partial charge in [0.05, 0.1) is 12.2 Å². The SMILES string of the molecule is Cc1nc(CN2CCCC(CCN)C2)sc1C.Cl.Cl. The molecule has 1 aromatic heterocycles. The third-order valence-electron chi connectivity index (χ3n) is 3.61. The van der Waals surface area contributed by atoms with Crippen LogP contribution in [0.1, 0.15) is 34.8 Å². The number of nitrogens with two attached hydrogens (primary N) is 1. The Morgan fingerprint density at radius 3 is 2.68 bits per heavy atom. The zero-order valence-electron chi connectivity index (χ0n) is 11.7. The van der Waals surface area contributed by atoms with Gasteiger partial charge in [0.25, 0.3) is 0 Å². The van der Waals surface area contributed by atoms with Crippen molar-refractivity contribution in [3.8, 4) is 0 Å². The molecule has 6 heteroatoms. The van der Waals surface area contributed by atoms with Gasteiger partial charge in [0, 0.05) is 11.4 Å². The average Bonchev–Trinajstić information content (AvgIpc) is 2.59. The van der Waals surface area contributed by atoms with Crippen molar-refractivity contribution in [1.29, 1.82) is 0 Å². The van der Waals surface area contributed by atoms with Crippen LogP contribution in [0.2, 0.25) is 0 Å². The molecule has 2 heterocycles. The highest BCUT2D eigenvalue weighted by atomic mass is 35.5. The normalized spacial score (nSPS) is 19.6. The second-order valence-electron chi connectivity index (χ2n) is 5.07. The molecular formula is C13H25Cl2N3S. The third kappa shape index (κ3) is 5.56. The molecule has 1 aliphatic rings. The first-order chi connectivity index (χ1) is 8.19. The molecule has 1 fully saturated rings. The molecule has 0 spiro atoms. The Bertz CT molecular complexity index is 349. The van der Waals surface area contributed by atoms with E-state index in [2.05, 4.69) is 23.7 Å². The van der Waals surface area contributed by atoms with Crippen LogP contribution >= 0.6 is 36.2 Å². The molecule has 2 rings (SSSR count). The van der Waals surface area contributed by atoms with E-state index in [-0.39, 0.29) is 24.8 Å². The van der Waals surface area contributed by atoms with Gasteiger partial charge in [-0.3, -0.25) is 4.90 Å². The van der Waals surface area contributed by atoms with E-state index in [1.165, 1.54) is 47.9 Å². The summed E-state index contributed by atoms with van der Waals surface area (Å²) in [6, 6.07) is 0. The van der Waals surface area contributed by atoms with Crippen molar-refractivity contribution >= 4 is 36.2 Å². The monoisotopic (exact) mass is 325 g/mol. The summed E-state index contributed by atoms with van der Waals surface area (Å²) in [5.41, 5.74) is 6.85. The van der Waals surface area contributed by atoms with Crippen molar-refractivity contribution in [2.45, 2.75) is 39.7 Å². The summed E-state index contributed by atoms with van der Waals surface area (Å²) in [6.45, 7) is 8.54. The van der Waals surface area contributed by atoms with Gasteiger partial charge in [-0.05, 0) is 52.1 Å². The Morgan fingerprint density at radius 2 is 2.11 bits per heavy atom. The maximum atomic E-state index is 5.65. The van der Waals surface area contributed by atoms with Gasteiger partial charge < -0.3 is 5.73 Å². The fourth-order valence-electron chi connectivity index (χ4n) is 2.56. The predicted molar refractivity (Wildman–Crippen MR) is 87.8 cm³/mol. The van der Waals surface area contributed by atoms with Crippen LogP contribution in [0.15, 0.2) is 0 Å². The van der Waals surface area contributed by atoms with E-state index in [1.807, 2.05) is 11.3 Å². The number of hydrogen-bond acceptors (Lipinski definition) is 4. The third-order valence-corrected chi connectivity index (χ3v) is 4.67. The molecule has 2 N–H and O–H groups in total. The van der Waals surface area contributed by atoms with Crippen LogP contribution < -0.4 is 5.73 Å². The molecule has 3 nitrogen and oxygen atoms in total. The molecule has 1 unspecified atom stereocenters. The molecule has 0 bridgehead atoms. The van der Waals surface area contributed by atoms with Gasteiger partial charge in [-0.1, -0.05) is 0 Å². The summed E-state index contributed by atoms with van der Waals surface area (Å²) in [7, 11) is 0. The minimum Gasteiger partial charge on any atom is -0.330 e. The number of likely N-dealkylation sites (tertiary alicyclic amines) is 1. The second-order valence-corrected chi connectivity index (χ2v) is 6.36. The lowest BCUT2D eigenvalue weighted by Gasteiger charge is -2.31. The second kappa shape index (κ2) is 9.14. The van der Waals surface area contributed by atoms with Gasteiger partial charge >= 0.3 is 0 Å². The van der Waals surface area contributed by atoms with Gasteiger partial charge in [-0.25, -0.2) is 4.98 Å². The molecule has 1 saturated heterocycles. The Labute approximate surface area is 132 Å². The smallest absolute Gasteiger partial charge is 0.107 e. The summed E-state index contributed by atoms with van der Waals surface area (Å²) in [5, 5.41) is 1.27. The molecule has 0 aromatic carbocycles. The number of piperidine rings is 1. The van der Waals surface area contributed by atoms with Crippen LogP contribution in [0.3, 0.4) is 0 Å². The quantitative estimate of drug-likeness (QED) is 0.924. The summed E-state index contributed by atoms with van der Waals surface area (Å²) >= 11 is 1.85. The first kappa shape index (κ1) is 19.1. The predicted octanol–water partition coefficient (Wildman–Crippen LogP) is 3.16. The lowest BCUT2D eigenvalue weighted by Crippen LogP contribution is -2.35. The van der Waals surface area contributed by atoms with Crippen LogP contribution in [0, 0.1) is 19.8 Å². The lowest BCUT2D eigenvalue weighted by molar-refractivity contribution is 0.163. The number of thiazole rings is 1. The molecular weight excluding hydrogens is 301 g/mol. The molecule has 112 valence electrons. The Balaban J connectivity index is 0.00000162. The van der Waals surface area contributed by atoms with Gasteiger partial charge in [-0.2, -0.15) is 0 Å². The van der Waals surface area contributed by atoms with E-state index in [0.717, 1.165) is 19.0 Å². The lowest BCUT2D eigenvalue weighted by atomic mass is 9.95. The standard InChI is InChI=1S/C13H23N3S.2ClH/c1-10-11(2)17-13(15-10)9-16-7-3-4-12(8-16)5-6-14;;/h12H,3-9,14H2,1-2H3;2*1H. The number of nitrogens with zero attached hydrogens (tertiary/aromatic N) is 2. The highest BCUT2D eigenvalue weighted by Crippen LogP contribution is 2.23. The summed E-state index contributed by atoms with van der Waals surface area (Å²) in [6.07, 6.45) is 3.84. The fraction of sp³-hybridized carbons (Fsp3) is 0.769. The van der Waals surface area contributed by atoms with Gasteiger partial charge in [0.1, 0.15) is 5.01 Å². The van der Waals surface area contributed by atoms with E-state index in [4.69, 9.17) is 5.73 Å². The van der Waals surface area contributed by atoms with Crippen molar-refractivity contribution in [3.63, 3.8) is 0 Å².